The number of esters is 1. The van der Waals surface area contributed by atoms with Crippen molar-refractivity contribution in [2.75, 3.05) is 13.1 Å². The van der Waals surface area contributed by atoms with E-state index in [0.29, 0.717) is 5.41 Å². The lowest BCUT2D eigenvalue weighted by Gasteiger charge is -2.29. The number of ether oxygens (including phenoxy) is 1. The molecule has 0 aromatic rings. The molecule has 1 N–H and O–H groups in total. The van der Waals surface area contributed by atoms with Crippen LogP contribution in [0.15, 0.2) is 0 Å². The molecule has 1 spiro atoms. The summed E-state index contributed by atoms with van der Waals surface area (Å²) in [6, 6.07) is 0. The maximum atomic E-state index is 11.6. The smallest absolute Gasteiger partial charge is 0.310 e. The molecule has 0 radical (unpaired) electrons. The highest BCUT2D eigenvalue weighted by Gasteiger charge is 2.62. The summed E-state index contributed by atoms with van der Waals surface area (Å²) in [6.45, 7) is 7.74. The third-order valence-electron chi connectivity index (χ3n) is 2.84. The number of hydrogen-bond acceptors (Lipinski definition) is 3. The minimum absolute atomic E-state index is 0.00556. The fourth-order valence-electron chi connectivity index (χ4n) is 1.89. The highest BCUT2D eigenvalue weighted by atomic mass is 16.6. The first-order valence-corrected chi connectivity index (χ1v) is 4.87. The van der Waals surface area contributed by atoms with Gasteiger partial charge < -0.3 is 10.1 Å². The van der Waals surface area contributed by atoms with Crippen LogP contribution < -0.4 is 5.32 Å². The van der Waals surface area contributed by atoms with Gasteiger partial charge in [-0.1, -0.05) is 0 Å². The molecule has 0 aromatic heterocycles. The molecule has 1 saturated heterocycles. The fourth-order valence-corrected chi connectivity index (χ4v) is 1.89. The molecule has 13 heavy (non-hydrogen) atoms. The Hall–Kier alpha value is -0.570. The zero-order valence-corrected chi connectivity index (χ0v) is 8.52. The monoisotopic (exact) mass is 183 g/mol. The van der Waals surface area contributed by atoms with Gasteiger partial charge in [-0.3, -0.25) is 4.79 Å². The van der Waals surface area contributed by atoms with E-state index >= 15 is 0 Å². The first-order valence-electron chi connectivity index (χ1n) is 4.87. The highest BCUT2D eigenvalue weighted by molar-refractivity contribution is 5.77. The summed E-state index contributed by atoms with van der Waals surface area (Å²) in [5, 5.41) is 3.20. The predicted molar refractivity (Wildman–Crippen MR) is 49.3 cm³/mol. The Morgan fingerprint density at radius 3 is 2.38 bits per heavy atom. The van der Waals surface area contributed by atoms with E-state index in [0.717, 1.165) is 19.5 Å². The Morgan fingerprint density at radius 1 is 1.46 bits per heavy atom. The van der Waals surface area contributed by atoms with E-state index in [-0.39, 0.29) is 17.5 Å². The van der Waals surface area contributed by atoms with Crippen LogP contribution in [0.5, 0.6) is 0 Å². The molecule has 3 nitrogen and oxygen atoms in total. The number of rotatable bonds is 1. The van der Waals surface area contributed by atoms with Crippen molar-refractivity contribution < 1.29 is 9.53 Å². The molecular weight excluding hydrogens is 166 g/mol. The standard InChI is InChI=1S/C10H17NO2/c1-9(2,3)13-8(12)7-4-10(7)5-11-6-10/h7,11H,4-6H2,1-3H3. The molecule has 1 heterocycles. The van der Waals surface area contributed by atoms with Gasteiger partial charge in [0.05, 0.1) is 5.92 Å². The first kappa shape index (κ1) is 9.00. The van der Waals surface area contributed by atoms with Crippen LogP contribution in [0.25, 0.3) is 0 Å². The zero-order chi connectivity index (χ0) is 9.69. The van der Waals surface area contributed by atoms with Crippen LogP contribution >= 0.6 is 0 Å². The molecule has 0 amide bonds. The van der Waals surface area contributed by atoms with Crippen LogP contribution in [0.1, 0.15) is 27.2 Å². The summed E-state index contributed by atoms with van der Waals surface area (Å²) in [7, 11) is 0. The minimum Gasteiger partial charge on any atom is -0.460 e. The predicted octanol–water partition coefficient (Wildman–Crippen LogP) is 0.938. The zero-order valence-electron chi connectivity index (χ0n) is 8.52. The Bertz CT molecular complexity index is 238. The second-order valence-electron chi connectivity index (χ2n) is 5.26. The van der Waals surface area contributed by atoms with E-state index in [1.54, 1.807) is 0 Å². The van der Waals surface area contributed by atoms with Gasteiger partial charge in [0.25, 0.3) is 0 Å². The molecular formula is C10H17NO2. The summed E-state index contributed by atoms with van der Waals surface area (Å²) in [5.74, 6) is 0.168. The van der Waals surface area contributed by atoms with E-state index in [4.69, 9.17) is 4.74 Å². The van der Waals surface area contributed by atoms with Crippen LogP contribution in [0.2, 0.25) is 0 Å². The van der Waals surface area contributed by atoms with Crippen LogP contribution in [-0.2, 0) is 9.53 Å². The van der Waals surface area contributed by atoms with E-state index in [9.17, 15) is 4.79 Å². The normalized spacial score (nSPS) is 29.6. The lowest BCUT2D eigenvalue weighted by atomic mass is 9.97. The lowest BCUT2D eigenvalue weighted by Crippen LogP contribution is -2.46. The molecule has 0 bridgehead atoms. The molecule has 0 aromatic carbocycles. The van der Waals surface area contributed by atoms with E-state index < -0.39 is 0 Å². The van der Waals surface area contributed by atoms with Gasteiger partial charge in [-0.2, -0.15) is 0 Å². The molecule has 74 valence electrons. The Balaban J connectivity index is 1.86. The maximum absolute atomic E-state index is 11.6. The van der Waals surface area contributed by atoms with Crippen molar-refractivity contribution in [2.24, 2.45) is 11.3 Å². The quantitative estimate of drug-likeness (QED) is 0.615. The second-order valence-corrected chi connectivity index (χ2v) is 5.26. The van der Waals surface area contributed by atoms with Gasteiger partial charge in [-0.05, 0) is 27.2 Å². The molecule has 2 rings (SSSR count). The molecule has 1 saturated carbocycles. The van der Waals surface area contributed by atoms with Gasteiger partial charge >= 0.3 is 5.97 Å². The van der Waals surface area contributed by atoms with E-state index in [2.05, 4.69) is 5.32 Å². The highest BCUT2D eigenvalue weighted by Crippen LogP contribution is 2.56. The van der Waals surface area contributed by atoms with Crippen molar-refractivity contribution in [1.29, 1.82) is 0 Å². The number of nitrogens with one attached hydrogen (secondary N) is 1. The fraction of sp³-hybridized carbons (Fsp3) is 0.900. The summed E-state index contributed by atoms with van der Waals surface area (Å²) in [5.41, 5.74) is -0.0413. The van der Waals surface area contributed by atoms with Crippen molar-refractivity contribution in [3.63, 3.8) is 0 Å². The van der Waals surface area contributed by atoms with Gasteiger partial charge in [0.2, 0.25) is 0 Å². The third-order valence-corrected chi connectivity index (χ3v) is 2.84. The third kappa shape index (κ3) is 1.57. The van der Waals surface area contributed by atoms with Crippen LogP contribution in [-0.4, -0.2) is 24.7 Å². The topological polar surface area (TPSA) is 38.3 Å². The van der Waals surface area contributed by atoms with Crippen molar-refractivity contribution in [1.82, 2.24) is 5.32 Å². The number of hydrogen-bond donors (Lipinski definition) is 1. The molecule has 2 aliphatic rings. The number of carbonyl (C=O) groups is 1. The molecule has 1 atom stereocenters. The van der Waals surface area contributed by atoms with Crippen molar-refractivity contribution in [2.45, 2.75) is 32.8 Å². The molecule has 1 unspecified atom stereocenters. The van der Waals surface area contributed by atoms with E-state index in [1.165, 1.54) is 0 Å². The van der Waals surface area contributed by atoms with Crippen molar-refractivity contribution in [3.05, 3.63) is 0 Å². The van der Waals surface area contributed by atoms with Gasteiger partial charge in [0.15, 0.2) is 0 Å². The second kappa shape index (κ2) is 2.47. The van der Waals surface area contributed by atoms with Crippen LogP contribution in [0.3, 0.4) is 0 Å². The minimum atomic E-state index is -0.335. The van der Waals surface area contributed by atoms with Crippen molar-refractivity contribution in [3.8, 4) is 0 Å². The average Bonchev–Trinajstić information content (AvgIpc) is 2.53. The largest absolute Gasteiger partial charge is 0.460 e. The van der Waals surface area contributed by atoms with Gasteiger partial charge in [-0.15, -0.1) is 0 Å². The Kier molecular flexibility index (Phi) is 1.71. The molecule has 1 aliphatic heterocycles. The van der Waals surface area contributed by atoms with Gasteiger partial charge in [0.1, 0.15) is 5.60 Å². The Labute approximate surface area is 78.8 Å². The van der Waals surface area contributed by atoms with Crippen LogP contribution in [0, 0.1) is 11.3 Å². The Morgan fingerprint density at radius 2 is 2.08 bits per heavy atom. The van der Waals surface area contributed by atoms with E-state index in [1.807, 2.05) is 20.8 Å². The first-order chi connectivity index (χ1) is 5.93. The summed E-state index contributed by atoms with van der Waals surface area (Å²) in [6.07, 6.45) is 1.02. The van der Waals surface area contributed by atoms with Crippen molar-refractivity contribution >= 4 is 5.97 Å². The van der Waals surface area contributed by atoms with Gasteiger partial charge in [0, 0.05) is 18.5 Å². The average molecular weight is 183 g/mol. The molecule has 1 aliphatic carbocycles. The van der Waals surface area contributed by atoms with Crippen LogP contribution in [0.4, 0.5) is 0 Å². The summed E-state index contributed by atoms with van der Waals surface area (Å²) < 4.78 is 5.33. The number of carbonyl (C=O) groups excluding carboxylic acids is 1. The summed E-state index contributed by atoms with van der Waals surface area (Å²) >= 11 is 0. The lowest BCUT2D eigenvalue weighted by molar-refractivity contribution is -0.157. The molecule has 3 heteroatoms. The molecule has 2 fully saturated rings. The van der Waals surface area contributed by atoms with Gasteiger partial charge in [-0.25, -0.2) is 0 Å². The SMILES string of the molecule is CC(C)(C)OC(=O)C1CC12CNC2. The maximum Gasteiger partial charge on any atom is 0.310 e. The summed E-state index contributed by atoms with van der Waals surface area (Å²) in [4.78, 5) is 11.6.